The summed E-state index contributed by atoms with van der Waals surface area (Å²) < 4.78 is 6.06. The number of aryl methyl sites for hydroxylation is 2. The fourth-order valence-corrected chi connectivity index (χ4v) is 5.12. The van der Waals surface area contributed by atoms with Crippen molar-refractivity contribution < 1.29 is 24.8 Å². The van der Waals surface area contributed by atoms with E-state index in [4.69, 9.17) is 9.72 Å². The second-order valence-electron chi connectivity index (χ2n) is 10.4. The van der Waals surface area contributed by atoms with Crippen LogP contribution in [0.25, 0.3) is 44.7 Å². The van der Waals surface area contributed by atoms with Crippen molar-refractivity contribution >= 4 is 21.9 Å². The monoisotopic (exact) mass is 703 g/mol. The van der Waals surface area contributed by atoms with Crippen LogP contribution in [0.3, 0.4) is 0 Å². The van der Waals surface area contributed by atoms with Gasteiger partial charge in [-0.05, 0) is 59.0 Å². The van der Waals surface area contributed by atoms with E-state index >= 15 is 0 Å². The molecule has 1 aliphatic rings. The fourth-order valence-electron chi connectivity index (χ4n) is 5.12. The van der Waals surface area contributed by atoms with E-state index in [-0.39, 0.29) is 20.1 Å². The van der Waals surface area contributed by atoms with Crippen LogP contribution in [0.1, 0.15) is 36.1 Å². The molecule has 0 aliphatic carbocycles. The summed E-state index contributed by atoms with van der Waals surface area (Å²) in [6.45, 7) is 9.32. The second kappa shape index (κ2) is 11.7. The molecule has 0 spiro atoms. The zero-order chi connectivity index (χ0) is 26.9. The molecule has 0 amide bonds. The van der Waals surface area contributed by atoms with Crippen molar-refractivity contribution in [3.05, 3.63) is 107 Å². The molecule has 5 nitrogen and oxygen atoms in total. The number of pyridine rings is 2. The van der Waals surface area contributed by atoms with Crippen LogP contribution in [0.5, 0.6) is 5.75 Å². The number of fused-ring (bicyclic) bond motifs is 5. The van der Waals surface area contributed by atoms with Gasteiger partial charge in [-0.15, -0.1) is 28.8 Å². The van der Waals surface area contributed by atoms with Gasteiger partial charge < -0.3 is 14.7 Å². The number of benzene rings is 3. The first kappa shape index (κ1) is 27.7. The summed E-state index contributed by atoms with van der Waals surface area (Å²) in [5.74, 6) is 2.19. The first-order valence-corrected chi connectivity index (χ1v) is 13.4. The van der Waals surface area contributed by atoms with Gasteiger partial charge in [0, 0.05) is 37.4 Å². The average Bonchev–Trinajstić information content (AvgIpc) is 3.37. The van der Waals surface area contributed by atoms with Crippen LogP contribution in [0.15, 0.2) is 79.0 Å². The van der Waals surface area contributed by atoms with E-state index in [0.29, 0.717) is 18.3 Å². The standard InChI is InChI=1S/C22H22NO.C12H8N3.Ir/c1-13(2)8-16-6-5-7-20-17(16)11-21-22(23-20)18-10-14(3)9-15(4)19(18)12-24-21;1-2-6-10-9(5-1)14-12(15-10)11-7-3-4-8-13-11;/h5-7,9,11,13H,8,12H2,1-4H3;1-8H;/q2*-1;. The Morgan fingerprint density at radius 3 is 2.50 bits per heavy atom. The van der Waals surface area contributed by atoms with Gasteiger partial charge in [0.15, 0.2) is 0 Å². The Morgan fingerprint density at radius 2 is 1.73 bits per heavy atom. The number of hydrogen-bond donors (Lipinski definition) is 0. The van der Waals surface area contributed by atoms with E-state index in [1.807, 2.05) is 42.5 Å². The topological polar surface area (TPSA) is 62.0 Å². The Hall–Kier alpha value is -3.86. The van der Waals surface area contributed by atoms with Crippen LogP contribution in [0.2, 0.25) is 0 Å². The predicted molar refractivity (Wildman–Crippen MR) is 157 cm³/mol. The number of hydrogen-bond acceptors (Lipinski definition) is 4. The molecule has 1 radical (unpaired) electrons. The van der Waals surface area contributed by atoms with Gasteiger partial charge >= 0.3 is 0 Å². The van der Waals surface area contributed by atoms with Crippen LogP contribution in [-0.2, 0) is 33.1 Å². The van der Waals surface area contributed by atoms with E-state index < -0.39 is 0 Å². The minimum Gasteiger partial charge on any atom is -0.506 e. The van der Waals surface area contributed by atoms with Gasteiger partial charge in [0.2, 0.25) is 0 Å². The number of rotatable bonds is 3. The Morgan fingerprint density at radius 1 is 0.925 bits per heavy atom. The van der Waals surface area contributed by atoms with Gasteiger partial charge in [-0.3, -0.25) is 9.97 Å². The minimum atomic E-state index is 0. The third kappa shape index (κ3) is 5.56. The van der Waals surface area contributed by atoms with Crippen molar-refractivity contribution in [2.75, 3.05) is 0 Å². The Bertz CT molecular complexity index is 1760. The quantitative estimate of drug-likeness (QED) is 0.177. The fraction of sp³-hybridized carbons (Fsp3) is 0.206. The molecule has 0 bridgehead atoms. The third-order valence-corrected chi connectivity index (χ3v) is 6.91. The van der Waals surface area contributed by atoms with Crippen molar-refractivity contribution in [3.8, 4) is 28.5 Å². The molecule has 4 heterocycles. The van der Waals surface area contributed by atoms with Gasteiger partial charge in [-0.25, -0.2) is 0 Å². The van der Waals surface area contributed by atoms with Crippen molar-refractivity contribution in [2.45, 2.75) is 40.7 Å². The maximum absolute atomic E-state index is 6.06. The van der Waals surface area contributed by atoms with Crippen molar-refractivity contribution in [2.24, 2.45) is 5.92 Å². The SMILES string of the molecule is Cc1[c-]c2c(c(C)c1)COc1cc3c(CC(C)C)cccc3nc1-2.[Ir].c1ccc(-c2nc3ccccc3[n-]2)nc1. The number of para-hydroxylation sites is 2. The van der Waals surface area contributed by atoms with Gasteiger partial charge in [0.05, 0.1) is 17.8 Å². The molecule has 3 aromatic carbocycles. The predicted octanol–water partition coefficient (Wildman–Crippen LogP) is 7.66. The van der Waals surface area contributed by atoms with Crippen LogP contribution >= 0.6 is 0 Å². The zero-order valence-electron chi connectivity index (χ0n) is 23.0. The maximum Gasteiger partial charge on any atom is 0.104 e. The van der Waals surface area contributed by atoms with Gasteiger partial charge in [0.1, 0.15) is 5.75 Å². The largest absolute Gasteiger partial charge is 0.506 e. The van der Waals surface area contributed by atoms with E-state index in [9.17, 15) is 0 Å². The Labute approximate surface area is 248 Å². The molecule has 203 valence electrons. The maximum atomic E-state index is 6.06. The Kier molecular flexibility index (Phi) is 8.11. The molecule has 0 saturated carbocycles. The summed E-state index contributed by atoms with van der Waals surface area (Å²) in [6, 6.07) is 27.8. The van der Waals surface area contributed by atoms with Gasteiger partial charge in [-0.2, -0.15) is 0 Å². The van der Waals surface area contributed by atoms with Crippen LogP contribution in [-0.4, -0.2) is 15.0 Å². The molecule has 3 aromatic heterocycles. The summed E-state index contributed by atoms with van der Waals surface area (Å²) in [4.78, 5) is 18.0. The summed E-state index contributed by atoms with van der Waals surface area (Å²) >= 11 is 0. The van der Waals surface area contributed by atoms with Gasteiger partial charge in [-0.1, -0.05) is 75.7 Å². The molecule has 1 aliphatic heterocycles. The third-order valence-electron chi connectivity index (χ3n) is 6.91. The molecule has 0 fully saturated rings. The summed E-state index contributed by atoms with van der Waals surface area (Å²) in [7, 11) is 0. The summed E-state index contributed by atoms with van der Waals surface area (Å²) in [6.07, 6.45) is 2.80. The van der Waals surface area contributed by atoms with Crippen LogP contribution in [0.4, 0.5) is 0 Å². The molecule has 0 unspecified atom stereocenters. The molecular formula is C34H30IrN4O-2. The van der Waals surface area contributed by atoms with E-state index in [2.05, 4.69) is 79.0 Å². The van der Waals surface area contributed by atoms with Gasteiger partial charge in [0.25, 0.3) is 0 Å². The molecule has 40 heavy (non-hydrogen) atoms. The van der Waals surface area contributed by atoms with Crippen molar-refractivity contribution in [1.82, 2.24) is 19.9 Å². The van der Waals surface area contributed by atoms with E-state index in [1.165, 1.54) is 22.1 Å². The summed E-state index contributed by atoms with van der Waals surface area (Å²) in [5.41, 5.74) is 10.7. The number of aromatic nitrogens is 4. The number of ether oxygens (including phenoxy) is 1. The second-order valence-corrected chi connectivity index (χ2v) is 10.4. The first-order chi connectivity index (χ1) is 19.0. The number of imidazole rings is 1. The van der Waals surface area contributed by atoms with Crippen LogP contribution in [0, 0.1) is 25.8 Å². The van der Waals surface area contributed by atoms with E-state index in [0.717, 1.165) is 51.2 Å². The molecule has 0 saturated heterocycles. The Balaban J connectivity index is 0.000000174. The molecule has 0 N–H and O–H groups in total. The molecular weight excluding hydrogens is 673 g/mol. The van der Waals surface area contributed by atoms with Crippen molar-refractivity contribution in [3.63, 3.8) is 0 Å². The molecule has 6 heteroatoms. The molecule has 7 rings (SSSR count). The molecule has 0 atom stereocenters. The number of nitrogens with zero attached hydrogens (tertiary/aromatic N) is 4. The minimum absolute atomic E-state index is 0. The normalized spacial score (nSPS) is 11.7. The molecule has 6 aromatic rings. The first-order valence-electron chi connectivity index (χ1n) is 13.4. The summed E-state index contributed by atoms with van der Waals surface area (Å²) in [5, 5.41) is 1.21. The van der Waals surface area contributed by atoms with Crippen LogP contribution < -0.4 is 9.72 Å². The average molecular weight is 703 g/mol. The smallest absolute Gasteiger partial charge is 0.104 e. The zero-order valence-corrected chi connectivity index (χ0v) is 25.4. The van der Waals surface area contributed by atoms with Crippen molar-refractivity contribution in [1.29, 1.82) is 0 Å². The van der Waals surface area contributed by atoms with E-state index in [1.54, 1.807) is 6.20 Å².